The highest BCUT2D eigenvalue weighted by atomic mass is 127. The van der Waals surface area contributed by atoms with Crippen LogP contribution in [-0.4, -0.2) is 59.8 Å². The maximum Gasteiger partial charge on any atom is 0.256 e. The molecule has 200 valence electrons. The van der Waals surface area contributed by atoms with Crippen molar-refractivity contribution in [2.24, 2.45) is 0 Å². The SMILES string of the molecule is CC(C)(C)[Si](C)(C)OC[C@H]1O[C@@H](n2cc(I)c3c(NC(=O)c4ccccc4)ncnc32)[C@H](F)[C@@H]1OCCl. The molecule has 0 spiro atoms. The average molecular weight is 661 g/mol. The van der Waals surface area contributed by atoms with Crippen molar-refractivity contribution >= 4 is 65.3 Å². The van der Waals surface area contributed by atoms with E-state index in [2.05, 4.69) is 71.7 Å². The summed E-state index contributed by atoms with van der Waals surface area (Å²) < 4.78 is 36.3. The summed E-state index contributed by atoms with van der Waals surface area (Å²) in [6.07, 6.45) is -1.01. The van der Waals surface area contributed by atoms with Gasteiger partial charge < -0.3 is 23.8 Å². The molecule has 4 rings (SSSR count). The number of amides is 1. The maximum atomic E-state index is 15.8. The van der Waals surface area contributed by atoms with E-state index in [4.69, 9.17) is 25.5 Å². The second-order valence-corrected chi connectivity index (χ2v) is 16.6. The van der Waals surface area contributed by atoms with Gasteiger partial charge in [0.05, 0.1) is 12.0 Å². The average Bonchev–Trinajstić information content (AvgIpc) is 3.35. The molecule has 1 N–H and O–H groups in total. The first-order valence-corrected chi connectivity index (χ1v) is 16.4. The number of nitrogens with one attached hydrogen (secondary N) is 1. The monoisotopic (exact) mass is 660 g/mol. The molecule has 1 amide bonds. The molecular formula is C25H31ClFIN4O4Si. The van der Waals surface area contributed by atoms with E-state index in [1.165, 1.54) is 6.33 Å². The lowest BCUT2D eigenvalue weighted by Crippen LogP contribution is -2.44. The van der Waals surface area contributed by atoms with Gasteiger partial charge in [-0.3, -0.25) is 4.79 Å². The molecule has 3 aromatic rings. The minimum Gasteiger partial charge on any atom is -0.414 e. The van der Waals surface area contributed by atoms with Crippen LogP contribution >= 0.6 is 34.2 Å². The van der Waals surface area contributed by atoms with E-state index in [0.717, 1.165) is 3.57 Å². The molecule has 37 heavy (non-hydrogen) atoms. The van der Waals surface area contributed by atoms with Crippen molar-refractivity contribution in [3.63, 3.8) is 0 Å². The van der Waals surface area contributed by atoms with Crippen molar-refractivity contribution in [1.29, 1.82) is 0 Å². The number of alkyl halides is 2. The van der Waals surface area contributed by atoms with Gasteiger partial charge in [0.1, 0.15) is 36.1 Å². The number of hydrogen-bond acceptors (Lipinski definition) is 6. The van der Waals surface area contributed by atoms with Crippen molar-refractivity contribution < 1.29 is 23.1 Å². The molecule has 0 bridgehead atoms. The van der Waals surface area contributed by atoms with Gasteiger partial charge >= 0.3 is 0 Å². The third-order valence-electron chi connectivity index (χ3n) is 7.04. The molecule has 0 unspecified atom stereocenters. The number of hydrogen-bond donors (Lipinski definition) is 1. The summed E-state index contributed by atoms with van der Waals surface area (Å²) in [6.45, 7) is 10.9. The molecule has 12 heteroatoms. The molecular weight excluding hydrogens is 630 g/mol. The zero-order valence-corrected chi connectivity index (χ0v) is 25.3. The van der Waals surface area contributed by atoms with Crippen molar-refractivity contribution in [3.05, 3.63) is 52.0 Å². The summed E-state index contributed by atoms with van der Waals surface area (Å²) in [5.74, 6) is 0.0322. The van der Waals surface area contributed by atoms with Crippen LogP contribution in [0.3, 0.4) is 0 Å². The van der Waals surface area contributed by atoms with E-state index < -0.39 is 32.9 Å². The van der Waals surface area contributed by atoms with Gasteiger partial charge in [0.2, 0.25) is 0 Å². The summed E-state index contributed by atoms with van der Waals surface area (Å²) in [5.41, 5.74) is 0.934. The first-order valence-electron chi connectivity index (χ1n) is 11.9. The molecule has 0 radical (unpaired) electrons. The Bertz CT molecular complexity index is 1260. The molecule has 1 saturated heterocycles. The Balaban J connectivity index is 1.62. The van der Waals surface area contributed by atoms with Crippen LogP contribution in [0.2, 0.25) is 18.1 Å². The summed E-state index contributed by atoms with van der Waals surface area (Å²) in [4.78, 5) is 21.4. The molecule has 0 saturated carbocycles. The van der Waals surface area contributed by atoms with E-state index in [-0.39, 0.29) is 23.6 Å². The second-order valence-electron chi connectivity index (χ2n) is 10.4. The fourth-order valence-corrected chi connectivity index (χ4v) is 5.88. The zero-order chi connectivity index (χ0) is 27.0. The molecule has 8 nitrogen and oxygen atoms in total. The highest BCUT2D eigenvalue weighted by Crippen LogP contribution is 2.41. The number of nitrogens with zero attached hydrogens (tertiary/aromatic N) is 3. The van der Waals surface area contributed by atoms with Crippen LogP contribution in [0.4, 0.5) is 10.2 Å². The number of ether oxygens (including phenoxy) is 2. The smallest absolute Gasteiger partial charge is 0.256 e. The number of halogens is 3. The van der Waals surface area contributed by atoms with Gasteiger partial charge in [-0.2, -0.15) is 0 Å². The van der Waals surface area contributed by atoms with Crippen molar-refractivity contribution in [1.82, 2.24) is 14.5 Å². The van der Waals surface area contributed by atoms with Gasteiger partial charge in [-0.15, -0.1) is 0 Å². The van der Waals surface area contributed by atoms with E-state index in [9.17, 15) is 4.79 Å². The van der Waals surface area contributed by atoms with Crippen molar-refractivity contribution in [3.8, 4) is 0 Å². The van der Waals surface area contributed by atoms with Crippen LogP contribution in [0.5, 0.6) is 0 Å². The Kier molecular flexibility index (Phi) is 8.61. The molecule has 4 atom stereocenters. The molecule has 0 aliphatic carbocycles. The fourth-order valence-electron chi connectivity index (χ4n) is 3.93. The predicted molar refractivity (Wildman–Crippen MR) is 152 cm³/mol. The summed E-state index contributed by atoms with van der Waals surface area (Å²) in [6, 6.07) is 8.67. The molecule has 2 aromatic heterocycles. The van der Waals surface area contributed by atoms with Gasteiger partial charge in [-0.1, -0.05) is 50.6 Å². The van der Waals surface area contributed by atoms with Crippen molar-refractivity contribution in [2.45, 2.75) is 63.5 Å². The van der Waals surface area contributed by atoms with Crippen molar-refractivity contribution in [2.75, 3.05) is 18.0 Å². The minimum atomic E-state index is -2.10. The van der Waals surface area contributed by atoms with E-state index >= 15 is 4.39 Å². The number of benzene rings is 1. The van der Waals surface area contributed by atoms with E-state index in [1.807, 2.05) is 6.07 Å². The maximum absolute atomic E-state index is 15.8. The number of anilines is 1. The van der Waals surface area contributed by atoms with Gasteiger partial charge in [-0.25, -0.2) is 14.4 Å². The number of carbonyl (C=O) groups excluding carboxylic acids is 1. The fraction of sp³-hybridized carbons (Fsp3) is 0.480. The second kappa shape index (κ2) is 11.2. The number of carbonyl (C=O) groups is 1. The number of fused-ring (bicyclic) bond motifs is 1. The van der Waals surface area contributed by atoms with Crippen LogP contribution in [0, 0.1) is 3.57 Å². The van der Waals surface area contributed by atoms with Gasteiger partial charge in [0.15, 0.2) is 20.7 Å². The minimum absolute atomic E-state index is 0.00674. The van der Waals surface area contributed by atoms with Gasteiger partial charge in [0.25, 0.3) is 5.91 Å². The van der Waals surface area contributed by atoms with E-state index in [0.29, 0.717) is 22.4 Å². The Labute approximate surface area is 235 Å². The van der Waals surface area contributed by atoms with Crippen LogP contribution in [0.1, 0.15) is 37.4 Å². The normalized spacial score (nSPS) is 22.5. The van der Waals surface area contributed by atoms with E-state index in [1.54, 1.807) is 35.0 Å². The molecule has 1 fully saturated rings. The van der Waals surface area contributed by atoms with Crippen LogP contribution < -0.4 is 5.32 Å². The van der Waals surface area contributed by atoms with Crippen LogP contribution in [0.15, 0.2) is 42.9 Å². The Morgan fingerprint density at radius 3 is 2.62 bits per heavy atom. The Hall–Kier alpha value is -1.64. The first kappa shape index (κ1) is 28.4. The third kappa shape index (κ3) is 5.86. The quantitative estimate of drug-likeness (QED) is 0.178. The molecule has 1 aliphatic heterocycles. The summed E-state index contributed by atoms with van der Waals surface area (Å²) >= 11 is 7.96. The highest BCUT2D eigenvalue weighted by Gasteiger charge is 2.49. The number of rotatable bonds is 8. The lowest BCUT2D eigenvalue weighted by Gasteiger charge is -2.37. The van der Waals surface area contributed by atoms with Crippen LogP contribution in [-0.2, 0) is 13.9 Å². The Morgan fingerprint density at radius 1 is 1.27 bits per heavy atom. The topological polar surface area (TPSA) is 87.5 Å². The zero-order valence-electron chi connectivity index (χ0n) is 21.4. The predicted octanol–water partition coefficient (Wildman–Crippen LogP) is 6.13. The van der Waals surface area contributed by atoms with Gasteiger partial charge in [-0.05, 0) is 52.9 Å². The highest BCUT2D eigenvalue weighted by molar-refractivity contribution is 14.1. The van der Waals surface area contributed by atoms with Gasteiger partial charge in [0, 0.05) is 15.3 Å². The third-order valence-corrected chi connectivity index (χ3v) is 12.5. The Morgan fingerprint density at radius 2 is 1.97 bits per heavy atom. The number of aromatic nitrogens is 3. The standard InChI is InChI=1S/C25H31ClFIN4O4Si/c1-25(2,3)37(4,5)35-12-17-20(34-13-26)19(27)24(36-17)32-11-16(28)18-21(29-14-30-22(18)32)31-23(33)15-9-7-6-8-10-15/h6-11,14,17,19-20,24H,12-13H2,1-5H3,(H,29,30,31,33)/t17-,19-,20-,24-/m1/s1. The lowest BCUT2D eigenvalue weighted by molar-refractivity contribution is -0.0514. The molecule has 3 heterocycles. The molecule has 1 aromatic carbocycles. The first-order chi connectivity index (χ1) is 17.4. The lowest BCUT2D eigenvalue weighted by atomic mass is 10.1. The summed E-state index contributed by atoms with van der Waals surface area (Å²) in [5, 5.41) is 3.44. The summed E-state index contributed by atoms with van der Waals surface area (Å²) in [7, 11) is -2.10. The molecule has 1 aliphatic rings. The largest absolute Gasteiger partial charge is 0.414 e. The van der Waals surface area contributed by atoms with Crippen LogP contribution in [0.25, 0.3) is 11.0 Å².